The summed E-state index contributed by atoms with van der Waals surface area (Å²) in [7, 11) is 5.20. The molecule has 8 nitrogen and oxygen atoms in total. The van der Waals surface area contributed by atoms with E-state index in [1.54, 1.807) is 25.7 Å². The predicted molar refractivity (Wildman–Crippen MR) is 110 cm³/mol. The van der Waals surface area contributed by atoms with Crippen molar-refractivity contribution in [2.24, 2.45) is 7.05 Å². The van der Waals surface area contributed by atoms with Crippen molar-refractivity contribution in [2.45, 2.75) is 38.9 Å². The fourth-order valence-electron chi connectivity index (χ4n) is 3.91. The first kappa shape index (κ1) is 21.3. The Morgan fingerprint density at radius 2 is 2.14 bits per heavy atom. The number of benzene rings is 1. The first-order valence-electron chi connectivity index (χ1n) is 9.83. The van der Waals surface area contributed by atoms with Crippen LogP contribution in [-0.4, -0.2) is 47.7 Å². The molecule has 1 saturated heterocycles. The third-order valence-corrected chi connectivity index (χ3v) is 5.87. The molecule has 2 atom stereocenters. The van der Waals surface area contributed by atoms with E-state index < -0.39 is 0 Å². The van der Waals surface area contributed by atoms with Gasteiger partial charge in [0.15, 0.2) is 6.67 Å². The van der Waals surface area contributed by atoms with Crippen LogP contribution in [0.5, 0.6) is 11.5 Å². The number of carbonyl (C=O) groups excluding carboxylic acids is 1. The smallest absolute Gasteiger partial charge is 0.313 e. The normalized spacial score (nSPS) is 18.6. The van der Waals surface area contributed by atoms with Crippen molar-refractivity contribution in [2.75, 3.05) is 27.4 Å². The zero-order chi connectivity index (χ0) is 21.0. The zero-order valence-corrected chi connectivity index (χ0v) is 18.3. The number of methoxy groups -OCH3 is 2. The van der Waals surface area contributed by atoms with Gasteiger partial charge in [-0.1, -0.05) is 0 Å². The van der Waals surface area contributed by atoms with Gasteiger partial charge in [-0.3, -0.25) is 4.79 Å². The number of quaternary nitrogens is 1. The minimum Gasteiger partial charge on any atom is -0.497 e. The maximum Gasteiger partial charge on any atom is 0.313 e. The fraction of sp³-hybridized carbons (Fsp3) is 0.550. The van der Waals surface area contributed by atoms with Gasteiger partial charge in [-0.2, -0.15) is 9.78 Å². The van der Waals surface area contributed by atoms with E-state index in [2.05, 4.69) is 11.2 Å². The summed E-state index contributed by atoms with van der Waals surface area (Å²) in [5.41, 5.74) is 1.13. The van der Waals surface area contributed by atoms with Gasteiger partial charge >= 0.3 is 5.97 Å². The largest absolute Gasteiger partial charge is 0.497 e. The van der Waals surface area contributed by atoms with Gasteiger partial charge in [-0.25, -0.2) is 0 Å². The highest BCUT2D eigenvalue weighted by atomic mass is 32.1. The summed E-state index contributed by atoms with van der Waals surface area (Å²) in [6.07, 6.45) is 2.27. The number of likely N-dealkylation sites (tertiary alicyclic amines) is 1. The molecule has 0 bridgehead atoms. The lowest BCUT2D eigenvalue weighted by atomic mass is 10.0. The quantitative estimate of drug-likeness (QED) is 0.514. The number of esters is 1. The van der Waals surface area contributed by atoms with Crippen molar-refractivity contribution in [3.05, 3.63) is 34.4 Å². The lowest BCUT2D eigenvalue weighted by molar-refractivity contribution is -0.941. The SMILES string of the molecule is CCOC(=O)Cc1nn(C[NH+]2CCC[C@@H]2c2cc(OC)ccc2OC)c(=S)n1C. The van der Waals surface area contributed by atoms with E-state index in [-0.39, 0.29) is 18.4 Å². The minimum atomic E-state index is -0.296. The van der Waals surface area contributed by atoms with Crippen LogP contribution in [-0.2, 0) is 29.7 Å². The molecule has 0 amide bonds. The van der Waals surface area contributed by atoms with Crippen LogP contribution in [0.25, 0.3) is 0 Å². The summed E-state index contributed by atoms with van der Waals surface area (Å²) in [6.45, 7) is 3.78. The molecule has 9 heteroatoms. The lowest BCUT2D eigenvalue weighted by Gasteiger charge is -2.23. The van der Waals surface area contributed by atoms with Crippen LogP contribution in [0.1, 0.15) is 37.2 Å². The third-order valence-electron chi connectivity index (χ3n) is 5.39. The van der Waals surface area contributed by atoms with Crippen LogP contribution in [0.2, 0.25) is 0 Å². The number of rotatable bonds is 8. The molecular weight excluding hydrogens is 392 g/mol. The molecule has 1 unspecified atom stereocenters. The van der Waals surface area contributed by atoms with Gasteiger partial charge in [0.05, 0.1) is 32.9 Å². The minimum absolute atomic E-state index is 0.115. The van der Waals surface area contributed by atoms with Gasteiger partial charge in [-0.05, 0) is 37.3 Å². The summed E-state index contributed by atoms with van der Waals surface area (Å²) in [5.74, 6) is 2.00. The molecule has 158 valence electrons. The third kappa shape index (κ3) is 4.62. The number of aromatic nitrogens is 3. The average Bonchev–Trinajstić information content (AvgIpc) is 3.28. The number of nitrogens with zero attached hydrogens (tertiary/aromatic N) is 3. The Morgan fingerprint density at radius 3 is 2.83 bits per heavy atom. The Balaban J connectivity index is 1.83. The van der Waals surface area contributed by atoms with Crippen molar-refractivity contribution in [1.82, 2.24) is 14.3 Å². The van der Waals surface area contributed by atoms with Crippen molar-refractivity contribution in [3.63, 3.8) is 0 Å². The van der Waals surface area contributed by atoms with Crippen molar-refractivity contribution < 1.29 is 23.9 Å². The summed E-state index contributed by atoms with van der Waals surface area (Å²) in [5, 5.41) is 4.60. The van der Waals surface area contributed by atoms with Crippen molar-refractivity contribution in [3.8, 4) is 11.5 Å². The topological polar surface area (TPSA) is 71.9 Å². The maximum atomic E-state index is 11.8. The molecule has 3 rings (SSSR count). The number of hydrogen-bond acceptors (Lipinski definition) is 6. The van der Waals surface area contributed by atoms with Gasteiger partial charge in [0.1, 0.15) is 29.8 Å². The molecule has 0 spiro atoms. The molecule has 1 aliphatic heterocycles. The van der Waals surface area contributed by atoms with Crippen LogP contribution in [0, 0.1) is 4.77 Å². The van der Waals surface area contributed by atoms with Gasteiger partial charge < -0.3 is 23.7 Å². The Bertz CT molecular complexity index is 924. The van der Waals surface area contributed by atoms with Crippen LogP contribution in [0.3, 0.4) is 0 Å². The predicted octanol–water partition coefficient (Wildman–Crippen LogP) is 1.45. The van der Waals surface area contributed by atoms with E-state index >= 15 is 0 Å². The summed E-state index contributed by atoms with van der Waals surface area (Å²) < 4.78 is 20.2. The van der Waals surface area contributed by atoms with Crippen LogP contribution in [0.15, 0.2) is 18.2 Å². The molecule has 2 heterocycles. The molecule has 0 radical (unpaired) electrons. The number of ether oxygens (including phenoxy) is 3. The highest BCUT2D eigenvalue weighted by molar-refractivity contribution is 7.71. The monoisotopic (exact) mass is 421 g/mol. The van der Waals surface area contributed by atoms with Crippen molar-refractivity contribution >= 4 is 18.2 Å². The average molecular weight is 422 g/mol. The van der Waals surface area contributed by atoms with E-state index in [1.165, 1.54) is 4.90 Å². The molecule has 1 aromatic carbocycles. The first-order valence-corrected chi connectivity index (χ1v) is 10.2. The lowest BCUT2D eigenvalue weighted by Crippen LogP contribution is -3.09. The van der Waals surface area contributed by atoms with Crippen molar-refractivity contribution in [1.29, 1.82) is 0 Å². The molecular formula is C20H29N4O4S+. The second-order valence-corrected chi connectivity index (χ2v) is 7.47. The molecule has 1 aliphatic rings. The standard InChI is InChI=1S/C20H28N4O4S/c1-5-28-19(25)12-18-21-24(20(29)22(18)2)13-23-10-6-7-16(23)15-11-14(26-3)8-9-17(15)27-4/h8-9,11,16H,5-7,10,12-13H2,1-4H3/p+1/t16-/m1/s1. The maximum absolute atomic E-state index is 11.8. The highest BCUT2D eigenvalue weighted by Gasteiger charge is 2.33. The van der Waals surface area contributed by atoms with E-state index in [0.29, 0.717) is 23.9 Å². The van der Waals surface area contributed by atoms with E-state index in [1.807, 2.05) is 23.9 Å². The first-order chi connectivity index (χ1) is 14.0. The van der Waals surface area contributed by atoms with E-state index in [9.17, 15) is 4.79 Å². The van der Waals surface area contributed by atoms with Gasteiger partial charge in [0.2, 0.25) is 4.77 Å². The molecule has 1 N–H and O–H groups in total. The van der Waals surface area contributed by atoms with Gasteiger partial charge in [-0.15, -0.1) is 0 Å². The fourth-order valence-corrected chi connectivity index (χ4v) is 4.12. The Hall–Kier alpha value is -2.39. The van der Waals surface area contributed by atoms with Crippen LogP contribution in [0.4, 0.5) is 0 Å². The van der Waals surface area contributed by atoms with Gasteiger partial charge in [0, 0.05) is 19.9 Å². The summed E-state index contributed by atoms with van der Waals surface area (Å²) >= 11 is 5.56. The molecule has 0 saturated carbocycles. The summed E-state index contributed by atoms with van der Waals surface area (Å²) in [4.78, 5) is 13.2. The number of nitrogens with one attached hydrogen (secondary N) is 1. The van der Waals surface area contributed by atoms with E-state index in [0.717, 1.165) is 36.4 Å². The Morgan fingerprint density at radius 1 is 1.34 bits per heavy atom. The second-order valence-electron chi connectivity index (χ2n) is 7.11. The number of carbonyl (C=O) groups is 1. The van der Waals surface area contributed by atoms with Crippen LogP contribution < -0.4 is 14.4 Å². The van der Waals surface area contributed by atoms with Crippen LogP contribution >= 0.6 is 12.2 Å². The van der Waals surface area contributed by atoms with Gasteiger partial charge in [0.25, 0.3) is 0 Å². The zero-order valence-electron chi connectivity index (χ0n) is 17.4. The second kappa shape index (κ2) is 9.41. The Kier molecular flexibility index (Phi) is 6.92. The highest BCUT2D eigenvalue weighted by Crippen LogP contribution is 2.31. The molecule has 0 aliphatic carbocycles. The summed E-state index contributed by atoms with van der Waals surface area (Å²) in [6, 6.07) is 6.18. The molecule has 2 aromatic rings. The number of hydrogen-bond donors (Lipinski definition) is 1. The van der Waals surface area contributed by atoms with E-state index in [4.69, 9.17) is 26.4 Å². The molecule has 1 fully saturated rings. The molecule has 1 aromatic heterocycles. The Labute approximate surface area is 176 Å². The molecule has 29 heavy (non-hydrogen) atoms.